The van der Waals surface area contributed by atoms with Crippen molar-refractivity contribution in [3.63, 3.8) is 0 Å². The number of hydroxylamine groups is 2. The van der Waals surface area contributed by atoms with Gasteiger partial charge in [-0.05, 0) is 230 Å². The van der Waals surface area contributed by atoms with Crippen LogP contribution in [0.1, 0.15) is 174 Å². The molecule has 0 unspecified atom stereocenters. The van der Waals surface area contributed by atoms with Crippen molar-refractivity contribution in [1.29, 1.82) is 0 Å². The molecule has 13 heteroatoms. The van der Waals surface area contributed by atoms with Gasteiger partial charge in [0.05, 0.1) is 29.8 Å². The summed E-state index contributed by atoms with van der Waals surface area (Å²) < 4.78 is 26.0. The van der Waals surface area contributed by atoms with E-state index in [1.54, 1.807) is 26.3 Å². The number of amides is 1. The Morgan fingerprint density at radius 2 is 1.12 bits per heavy atom. The molecule has 0 aromatic heterocycles. The molecule has 3 aliphatic heterocycles. The molecule has 16 atom stereocenters. The van der Waals surface area contributed by atoms with Gasteiger partial charge in [-0.3, -0.25) is 14.4 Å². The van der Waals surface area contributed by atoms with Gasteiger partial charge in [-0.25, -0.2) is 5.06 Å². The molecule has 1 amide bonds. The number of hydrogen-bond donors (Lipinski definition) is 2. The Balaban J connectivity index is 0.000000167. The quantitative estimate of drug-likeness (QED) is 0.132. The third-order valence-electron chi connectivity index (χ3n) is 21.4. The molecule has 11 aliphatic rings. The fourth-order valence-corrected chi connectivity index (χ4v) is 17.9. The minimum atomic E-state index is -0.452. The van der Waals surface area contributed by atoms with Gasteiger partial charge < -0.3 is 50.9 Å². The first-order valence-electron chi connectivity index (χ1n) is 28.1. The summed E-state index contributed by atoms with van der Waals surface area (Å²) >= 11 is 0. The van der Waals surface area contributed by atoms with Crippen molar-refractivity contribution in [2.24, 2.45) is 81.8 Å². The number of fused-ring (bicyclic) bond motifs is 12. The van der Waals surface area contributed by atoms with Crippen LogP contribution in [0.25, 0.3) is 0 Å². The summed E-state index contributed by atoms with van der Waals surface area (Å²) in [5.41, 5.74) is 0.176. The number of carbonyl (C=O) groups is 2. The van der Waals surface area contributed by atoms with Crippen LogP contribution in [0.2, 0.25) is 0 Å². The normalized spacial score (nSPS) is 40.1. The van der Waals surface area contributed by atoms with Gasteiger partial charge in [0.1, 0.15) is 0 Å². The van der Waals surface area contributed by atoms with E-state index in [2.05, 4.69) is 19.9 Å². The Bertz CT molecular complexity index is 2170. The van der Waals surface area contributed by atoms with Gasteiger partial charge in [0.25, 0.3) is 0 Å². The molecular weight excluding hydrogens is 1010 g/mol. The molecule has 9 fully saturated rings. The monoisotopic (exact) mass is 1100 g/mol. The first kappa shape index (κ1) is 59.5. The van der Waals surface area contributed by atoms with Crippen LogP contribution in [0.3, 0.4) is 0 Å². The second-order valence-corrected chi connectivity index (χ2v) is 25.2. The van der Waals surface area contributed by atoms with Crippen molar-refractivity contribution in [3.8, 4) is 23.0 Å². The first-order chi connectivity index (χ1) is 34.1. The maximum absolute atomic E-state index is 13.6. The molecule has 11 nitrogen and oxygen atoms in total. The van der Waals surface area contributed by atoms with Crippen LogP contribution >= 0.6 is 0 Å². The van der Waals surface area contributed by atoms with Crippen molar-refractivity contribution in [2.45, 2.75) is 175 Å². The van der Waals surface area contributed by atoms with E-state index in [0.29, 0.717) is 36.1 Å². The van der Waals surface area contributed by atoms with Gasteiger partial charge in [0.15, 0.2) is 17.3 Å². The summed E-state index contributed by atoms with van der Waals surface area (Å²) in [4.78, 5) is 31.7. The summed E-state index contributed by atoms with van der Waals surface area (Å²) in [6.07, 6.45) is 23.4. The van der Waals surface area contributed by atoms with Crippen molar-refractivity contribution in [1.82, 2.24) is 5.06 Å². The molecule has 8 aliphatic carbocycles. The Morgan fingerprint density at radius 1 is 0.622 bits per heavy atom. The predicted octanol–water partition coefficient (Wildman–Crippen LogP) is 8.92. The number of halogens is 1. The number of rotatable bonds is 4. The minimum Gasteiger partial charge on any atom is -1.00 e. The average Bonchev–Trinajstić information content (AvgIpc) is 4.23. The number of hydrogen-bond acceptors (Lipinski definition) is 10. The maximum Gasteiger partial charge on any atom is 2.00 e. The zero-order valence-corrected chi connectivity index (χ0v) is 48.1. The van der Waals surface area contributed by atoms with Crippen LogP contribution in [0, 0.1) is 87.9 Å². The number of nitrogens with zero attached hydrogens (tertiary/aromatic N) is 1. The molecule has 0 radical (unpaired) electrons. The number of carbonyl (C=O) groups excluding carboxylic acids is 2. The van der Waals surface area contributed by atoms with Gasteiger partial charge in [0, 0.05) is 37.7 Å². The van der Waals surface area contributed by atoms with Gasteiger partial charge in [-0.2, -0.15) is 12.1 Å². The molecule has 2 aromatic carbocycles. The third kappa shape index (κ3) is 11.9. The Kier molecular flexibility index (Phi) is 19.7. The van der Waals surface area contributed by atoms with Crippen LogP contribution in [0.4, 0.5) is 0 Å². The van der Waals surface area contributed by atoms with Crippen molar-refractivity contribution < 1.29 is 65.3 Å². The fourth-order valence-electron chi connectivity index (χ4n) is 17.9. The van der Waals surface area contributed by atoms with E-state index in [9.17, 15) is 19.8 Å². The van der Waals surface area contributed by atoms with Gasteiger partial charge in [0.2, 0.25) is 19.5 Å². The predicted molar refractivity (Wildman–Crippen MR) is 283 cm³/mol. The minimum absolute atomic E-state index is 0. The van der Waals surface area contributed by atoms with Crippen LogP contribution in [-0.2, 0) is 14.4 Å². The van der Waals surface area contributed by atoms with Crippen molar-refractivity contribution in [2.75, 3.05) is 41.0 Å². The van der Waals surface area contributed by atoms with E-state index in [1.165, 1.54) is 95.0 Å². The second-order valence-electron chi connectivity index (χ2n) is 25.2. The van der Waals surface area contributed by atoms with Crippen molar-refractivity contribution >= 4 is 34.7 Å². The molecule has 2 aromatic rings. The number of aliphatic hydroxyl groups is 2. The molecular formula is C61H90BrMgNO10. The van der Waals surface area contributed by atoms with E-state index >= 15 is 0 Å². The zero-order valence-electron chi connectivity index (χ0n) is 45.1. The Morgan fingerprint density at radius 3 is 1.65 bits per heavy atom. The van der Waals surface area contributed by atoms with E-state index in [1.807, 2.05) is 38.1 Å². The number of Topliss-reactive ketones (excluding diaryl/α,β-unsaturated/α-hetero) is 1. The van der Waals surface area contributed by atoms with Crippen LogP contribution in [-0.4, -0.2) is 102 Å². The van der Waals surface area contributed by atoms with Gasteiger partial charge in [-0.1, -0.05) is 21.3 Å². The largest absolute Gasteiger partial charge is 2.00 e. The molecule has 2 N–H and O–H groups in total. The molecule has 3 heterocycles. The Hall–Kier alpha value is -2.13. The summed E-state index contributed by atoms with van der Waals surface area (Å²) in [5.74, 6) is 11.4. The Labute approximate surface area is 470 Å². The van der Waals surface area contributed by atoms with E-state index < -0.39 is 11.2 Å². The summed E-state index contributed by atoms with van der Waals surface area (Å²) in [7, 11) is 3.34. The summed E-state index contributed by atoms with van der Waals surface area (Å²) in [5, 5.41) is 22.6. The molecule has 1 saturated heterocycles. The molecule has 408 valence electrons. The SMILES string of the molecule is C.C1CCOC1.CON(C)C(=O)[C@H]1CC[C@H]2[C@@H]3CC[C@@H]4C[C@](C)(O)CC[C@@H]4[C@H]3CC[C@]12C.C[C@@]1(O)CC[C@H]2[C@H](CC[C@@H]3[C@@H]2CC[C@]2(C)[C@@H](C(=O)c4ccc5c(c4)OCO5)CC[C@@H]32)C1.[Br-].[Mg+2].[c-]1ccc2c(c1)OCO2. The van der Waals surface area contributed by atoms with Crippen LogP contribution in [0.15, 0.2) is 36.4 Å². The summed E-state index contributed by atoms with van der Waals surface area (Å²) in [6, 6.07) is 14.0. The first-order valence-corrected chi connectivity index (χ1v) is 28.1. The second kappa shape index (κ2) is 24.5. The molecule has 0 spiro atoms. The fraction of sp³-hybridized carbons (Fsp3) is 0.770. The molecule has 13 rings (SSSR count). The van der Waals surface area contributed by atoms with Gasteiger partial charge >= 0.3 is 23.1 Å². The number of benzene rings is 2. The molecule has 74 heavy (non-hydrogen) atoms. The number of ketones is 1. The van der Waals surface area contributed by atoms with Crippen LogP contribution in [0.5, 0.6) is 23.0 Å². The summed E-state index contributed by atoms with van der Waals surface area (Å²) in [6.45, 7) is 11.5. The van der Waals surface area contributed by atoms with Crippen LogP contribution < -0.4 is 35.9 Å². The topological polar surface area (TPSA) is 133 Å². The zero-order chi connectivity index (χ0) is 49.7. The standard InChI is InChI=1S/C27H36O4.C22H37NO3.C7H5O2.C4H8O.CH4.BrH.Mg/c1-26(29)11-9-18-17(14-26)3-5-20-19(18)10-12-27(2)21(20)6-7-22(27)25(28)16-4-8-23-24(13-16)31-15-30-23;1-21(25)11-9-15-14(13-21)5-6-17-16(15)10-12-22(2)18(17)7-8-19(22)20(24)23(3)26-4;1-2-4-7-6(3-1)8-5-9-7;1-2-4-5-3-1;;;/h4,8,13,17-22,29H,3,5-7,9-12,14-15H2,1-2H3;14-19,25H,5-13H2,1-4H3;1,3-4H,5H2;1-4H2;1H4;1H;/q;;-1;;;;+2/p-1/t17-,18+,19-,20-,21+,22-,26-,27+;14-,15+,16-,17-,18+,19-,21-,22+;;;;;/m11...../s1. The van der Waals surface area contributed by atoms with Gasteiger partial charge in [-0.15, -0.1) is 12.1 Å². The van der Waals surface area contributed by atoms with E-state index in [-0.39, 0.29) is 82.8 Å². The molecule has 0 bridgehead atoms. The average molecular weight is 1100 g/mol. The van der Waals surface area contributed by atoms with E-state index in [0.717, 1.165) is 116 Å². The number of ether oxygens (including phenoxy) is 5. The van der Waals surface area contributed by atoms with E-state index in [4.69, 9.17) is 28.5 Å². The maximum atomic E-state index is 13.6. The molecule has 8 saturated carbocycles. The van der Waals surface area contributed by atoms with Crippen molar-refractivity contribution in [3.05, 3.63) is 48.0 Å². The smallest absolute Gasteiger partial charge is 1.00 e. The third-order valence-corrected chi connectivity index (χ3v) is 21.4.